The van der Waals surface area contributed by atoms with E-state index in [1.807, 2.05) is 67.7 Å². The molecule has 0 saturated carbocycles. The first-order chi connectivity index (χ1) is 14.7. The van der Waals surface area contributed by atoms with E-state index in [9.17, 15) is 0 Å². The van der Waals surface area contributed by atoms with E-state index in [1.165, 1.54) is 0 Å². The highest BCUT2D eigenvalue weighted by atomic mass is 28.4. The normalized spacial score (nSPS) is 11.3. The van der Waals surface area contributed by atoms with Gasteiger partial charge in [0.2, 0.25) is 0 Å². The lowest BCUT2D eigenvalue weighted by molar-refractivity contribution is 0.351. The van der Waals surface area contributed by atoms with Gasteiger partial charge in [-0.15, -0.1) is 5.16 Å². The summed E-state index contributed by atoms with van der Waals surface area (Å²) in [6.45, 7) is 0. The fraction of sp³-hybridized carbons (Fsp3) is 0.0417. The minimum absolute atomic E-state index is 0.344. The van der Waals surface area contributed by atoms with Crippen molar-refractivity contribution in [2.75, 3.05) is 0 Å². The molecule has 1 aromatic heterocycles. The molecule has 30 heavy (non-hydrogen) atoms. The average Bonchev–Trinajstić information content (AvgIpc) is 3.18. The topological polar surface area (TPSA) is 63.2 Å². The van der Waals surface area contributed by atoms with Gasteiger partial charge in [-0.25, -0.2) is 4.98 Å². The van der Waals surface area contributed by atoms with Crippen molar-refractivity contribution >= 4 is 30.1 Å². The largest absolute Gasteiger partial charge is 0.438 e. The molecule has 0 aliphatic heterocycles. The van der Waals surface area contributed by atoms with E-state index in [-0.39, 0.29) is 0 Å². The Hall–Kier alpha value is -3.95. The van der Waals surface area contributed by atoms with Crippen LogP contribution in [0.1, 0.15) is 11.5 Å². The maximum absolute atomic E-state index is 9.08. The van der Waals surface area contributed by atoms with E-state index in [2.05, 4.69) is 46.5 Å². The van der Waals surface area contributed by atoms with Gasteiger partial charge in [0.25, 0.3) is 0 Å². The Kier molecular flexibility index (Phi) is 5.55. The van der Waals surface area contributed by atoms with Crippen LogP contribution in [0.15, 0.2) is 102 Å². The molecule has 0 aliphatic rings. The van der Waals surface area contributed by atoms with Crippen LogP contribution in [-0.4, -0.2) is 24.1 Å². The van der Waals surface area contributed by atoms with Crippen LogP contribution < -0.4 is 15.6 Å². The van der Waals surface area contributed by atoms with Crippen LogP contribution in [0.5, 0.6) is 0 Å². The molecule has 0 spiro atoms. The molecule has 0 saturated heterocycles. The van der Waals surface area contributed by atoms with Gasteiger partial charge in [-0.2, -0.15) is 5.26 Å². The summed E-state index contributed by atoms with van der Waals surface area (Å²) >= 11 is 0. The minimum atomic E-state index is -2.90. The fourth-order valence-electron chi connectivity index (χ4n) is 3.48. The monoisotopic (exact) mass is 408 g/mol. The van der Waals surface area contributed by atoms with Crippen molar-refractivity contribution in [2.24, 2.45) is 12.2 Å². The maximum Gasteiger partial charge on any atom is 0.380 e. The Balaban J connectivity index is 1.85. The lowest BCUT2D eigenvalue weighted by Gasteiger charge is -2.29. The van der Waals surface area contributed by atoms with E-state index < -0.39 is 8.32 Å². The van der Waals surface area contributed by atoms with Crippen molar-refractivity contribution in [1.29, 1.82) is 5.26 Å². The highest BCUT2D eigenvalue weighted by Gasteiger charge is 2.44. The van der Waals surface area contributed by atoms with Gasteiger partial charge in [-0.3, -0.25) is 0 Å². The molecule has 0 fully saturated rings. The molecule has 146 valence electrons. The number of rotatable bonds is 6. The molecule has 0 radical (unpaired) electrons. The van der Waals surface area contributed by atoms with Gasteiger partial charge >= 0.3 is 8.32 Å². The van der Waals surface area contributed by atoms with Crippen LogP contribution in [0.3, 0.4) is 0 Å². The van der Waals surface area contributed by atoms with Gasteiger partial charge in [0.15, 0.2) is 11.5 Å². The summed E-state index contributed by atoms with van der Waals surface area (Å²) in [5.74, 6) is 0.559. The number of oxime groups is 1. The molecule has 6 heteroatoms. The van der Waals surface area contributed by atoms with Crippen molar-refractivity contribution in [1.82, 2.24) is 9.55 Å². The first-order valence-corrected chi connectivity index (χ1v) is 11.5. The maximum atomic E-state index is 9.08. The second-order valence-electron chi connectivity index (χ2n) is 6.81. The van der Waals surface area contributed by atoms with E-state index in [0.717, 1.165) is 15.6 Å². The molecule has 0 unspecified atom stereocenters. The van der Waals surface area contributed by atoms with Gasteiger partial charge in [0.1, 0.15) is 12.3 Å². The molecule has 1 heterocycles. The number of imidazole rings is 1. The third-order valence-corrected chi connectivity index (χ3v) is 8.74. The van der Waals surface area contributed by atoms with Crippen LogP contribution >= 0.6 is 0 Å². The molecule has 0 N–H and O–H groups in total. The molecule has 4 aromatic rings. The summed E-state index contributed by atoms with van der Waals surface area (Å²) in [6.07, 6.45) is 3.23. The van der Waals surface area contributed by atoms with Crippen LogP contribution in [-0.2, 0) is 11.6 Å². The zero-order valence-electron chi connectivity index (χ0n) is 16.5. The van der Waals surface area contributed by atoms with Gasteiger partial charge in [-0.05, 0) is 15.6 Å². The summed E-state index contributed by atoms with van der Waals surface area (Å²) in [5, 5.41) is 16.8. The molecular weight excluding hydrogens is 388 g/mol. The molecule has 4 rings (SSSR count). The smallest absolute Gasteiger partial charge is 0.380 e. The SMILES string of the molecule is Cn1cc(C#N)nc1/C=N/O[Si](c1ccccc1)(c1ccccc1)c1ccccc1. The zero-order chi connectivity index (χ0) is 20.8. The molecule has 3 aromatic carbocycles. The van der Waals surface area contributed by atoms with Gasteiger partial charge in [0.05, 0.1) is 0 Å². The summed E-state index contributed by atoms with van der Waals surface area (Å²) in [4.78, 5) is 4.25. The van der Waals surface area contributed by atoms with Crippen LogP contribution in [0.4, 0.5) is 0 Å². The van der Waals surface area contributed by atoms with Crippen LogP contribution in [0.25, 0.3) is 0 Å². The van der Waals surface area contributed by atoms with Crippen molar-refractivity contribution in [3.8, 4) is 6.07 Å². The Morgan fingerprint density at radius 3 is 1.73 bits per heavy atom. The Labute approximate surface area is 176 Å². The third kappa shape index (κ3) is 3.66. The minimum Gasteiger partial charge on any atom is -0.438 e. The molecule has 5 nitrogen and oxygen atoms in total. The van der Waals surface area contributed by atoms with E-state index >= 15 is 0 Å². The highest BCUT2D eigenvalue weighted by Crippen LogP contribution is 2.10. The predicted octanol–water partition coefficient (Wildman–Crippen LogP) is 2.31. The first kappa shape index (κ1) is 19.4. The van der Waals surface area contributed by atoms with E-state index in [0.29, 0.717) is 11.5 Å². The van der Waals surface area contributed by atoms with Crippen molar-refractivity contribution in [2.45, 2.75) is 0 Å². The summed E-state index contributed by atoms with van der Waals surface area (Å²) in [6, 6.07) is 32.7. The Morgan fingerprint density at radius 2 is 1.33 bits per heavy atom. The van der Waals surface area contributed by atoms with Crippen LogP contribution in [0, 0.1) is 11.3 Å². The molecule has 0 aliphatic carbocycles. The van der Waals surface area contributed by atoms with E-state index in [1.54, 1.807) is 17.0 Å². The lowest BCUT2D eigenvalue weighted by atomic mass is 10.3. The average molecular weight is 409 g/mol. The second kappa shape index (κ2) is 8.60. The third-order valence-electron chi connectivity index (χ3n) is 4.93. The van der Waals surface area contributed by atoms with Crippen molar-refractivity contribution in [3.05, 3.63) is 109 Å². The fourth-order valence-corrected chi connectivity index (χ4v) is 7.00. The quantitative estimate of drug-likeness (QED) is 0.213. The summed E-state index contributed by atoms with van der Waals surface area (Å²) < 4.78 is 8.21. The molecule has 0 amide bonds. The lowest BCUT2D eigenvalue weighted by Crippen LogP contribution is -2.68. The number of hydrogen-bond acceptors (Lipinski definition) is 4. The van der Waals surface area contributed by atoms with Gasteiger partial charge in [0, 0.05) is 13.2 Å². The summed E-state index contributed by atoms with van der Waals surface area (Å²) in [7, 11) is -1.07. The van der Waals surface area contributed by atoms with Crippen molar-refractivity contribution in [3.63, 3.8) is 0 Å². The highest BCUT2D eigenvalue weighted by molar-refractivity contribution is 7.07. The first-order valence-electron chi connectivity index (χ1n) is 9.55. The standard InChI is InChI=1S/C24H20N4OSi/c1-28-19-20(17-25)27-24(28)18-26-29-30(21-11-5-2-6-12-21,22-13-7-3-8-14-22)23-15-9-4-10-16-23/h2-16,18-19H,1H3/b26-18+. The van der Waals surface area contributed by atoms with Gasteiger partial charge in [-0.1, -0.05) is 91.0 Å². The van der Waals surface area contributed by atoms with Gasteiger partial charge < -0.3 is 9.09 Å². The number of nitrogens with zero attached hydrogens (tertiary/aromatic N) is 4. The Morgan fingerprint density at radius 1 is 0.867 bits per heavy atom. The number of aryl methyl sites for hydroxylation is 1. The molecule has 0 atom stereocenters. The van der Waals surface area contributed by atoms with E-state index in [4.69, 9.17) is 9.79 Å². The second-order valence-corrected chi connectivity index (χ2v) is 10.1. The molecular formula is C24H20N4OSi. The molecule has 0 bridgehead atoms. The predicted molar refractivity (Wildman–Crippen MR) is 121 cm³/mol. The zero-order valence-corrected chi connectivity index (χ0v) is 17.5. The number of nitriles is 1. The Bertz CT molecular complexity index is 1090. The van der Waals surface area contributed by atoms with Crippen molar-refractivity contribution < 1.29 is 4.53 Å². The number of benzene rings is 3. The number of aromatic nitrogens is 2. The number of hydrogen-bond donors (Lipinski definition) is 0. The summed E-state index contributed by atoms with van der Waals surface area (Å²) in [5.41, 5.74) is 0.344. The van der Waals surface area contributed by atoms with Crippen LogP contribution in [0.2, 0.25) is 0 Å².